The molecule has 0 saturated heterocycles. The Morgan fingerprint density at radius 3 is 2.25 bits per heavy atom. The number of rotatable bonds is 6. The molecule has 0 aromatic carbocycles. The van der Waals surface area contributed by atoms with Gasteiger partial charge in [0.25, 0.3) is 0 Å². The molecule has 0 spiro atoms. The average molecular weight is 172 g/mol. The minimum absolute atomic E-state index is 0.491. The minimum atomic E-state index is -0.652. The molecule has 12 heavy (non-hydrogen) atoms. The van der Waals surface area contributed by atoms with Gasteiger partial charge in [-0.1, -0.05) is 33.1 Å². The molecule has 0 fully saturated rings. The second-order valence-electron chi connectivity index (χ2n) is 3.68. The SMILES string of the molecule is CCCCCC(C)(CC)C(=O)O. The molecule has 0 aliphatic rings. The van der Waals surface area contributed by atoms with Gasteiger partial charge in [-0.25, -0.2) is 0 Å². The summed E-state index contributed by atoms with van der Waals surface area (Å²) in [6.07, 6.45) is 4.87. The number of unbranched alkanes of at least 4 members (excludes halogenated alkanes) is 2. The van der Waals surface area contributed by atoms with E-state index in [4.69, 9.17) is 5.11 Å². The van der Waals surface area contributed by atoms with Crippen molar-refractivity contribution in [3.63, 3.8) is 0 Å². The molecule has 0 saturated carbocycles. The van der Waals surface area contributed by atoms with Gasteiger partial charge in [-0.15, -0.1) is 0 Å². The molecule has 72 valence electrons. The summed E-state index contributed by atoms with van der Waals surface area (Å²) in [6, 6.07) is 0. The molecule has 0 aliphatic carbocycles. The summed E-state index contributed by atoms with van der Waals surface area (Å²) in [5.74, 6) is -0.652. The maximum atomic E-state index is 10.8. The zero-order chi connectivity index (χ0) is 9.61. The van der Waals surface area contributed by atoms with E-state index in [-0.39, 0.29) is 0 Å². The fourth-order valence-corrected chi connectivity index (χ4v) is 1.20. The van der Waals surface area contributed by atoms with Gasteiger partial charge in [-0.05, 0) is 19.8 Å². The summed E-state index contributed by atoms with van der Waals surface area (Å²) in [4.78, 5) is 10.8. The van der Waals surface area contributed by atoms with E-state index in [1.165, 1.54) is 0 Å². The lowest BCUT2D eigenvalue weighted by molar-refractivity contribution is -0.148. The molecular weight excluding hydrogens is 152 g/mol. The van der Waals surface area contributed by atoms with E-state index in [0.29, 0.717) is 0 Å². The standard InChI is InChI=1S/C10H20O2/c1-4-6-7-8-10(3,5-2)9(11)12/h4-8H2,1-3H3,(H,11,12). The number of hydrogen-bond donors (Lipinski definition) is 1. The predicted molar refractivity (Wildman–Crippen MR) is 50.2 cm³/mol. The van der Waals surface area contributed by atoms with Crippen LogP contribution >= 0.6 is 0 Å². The van der Waals surface area contributed by atoms with E-state index < -0.39 is 11.4 Å². The first-order valence-electron chi connectivity index (χ1n) is 4.80. The van der Waals surface area contributed by atoms with E-state index in [2.05, 4.69) is 6.92 Å². The van der Waals surface area contributed by atoms with Crippen molar-refractivity contribution >= 4 is 5.97 Å². The number of aliphatic carboxylic acids is 1. The van der Waals surface area contributed by atoms with Gasteiger partial charge in [0, 0.05) is 0 Å². The minimum Gasteiger partial charge on any atom is -0.481 e. The average Bonchev–Trinajstić information content (AvgIpc) is 2.04. The molecule has 1 unspecified atom stereocenters. The summed E-state index contributed by atoms with van der Waals surface area (Å²) < 4.78 is 0. The van der Waals surface area contributed by atoms with Crippen molar-refractivity contribution in [2.45, 2.75) is 52.9 Å². The normalized spacial score (nSPS) is 15.6. The van der Waals surface area contributed by atoms with Crippen LogP contribution in [0.25, 0.3) is 0 Å². The van der Waals surface area contributed by atoms with Crippen molar-refractivity contribution in [3.05, 3.63) is 0 Å². The van der Waals surface area contributed by atoms with Gasteiger partial charge in [0.2, 0.25) is 0 Å². The van der Waals surface area contributed by atoms with Crippen molar-refractivity contribution in [2.24, 2.45) is 5.41 Å². The molecular formula is C10H20O2. The molecule has 0 radical (unpaired) electrons. The first-order chi connectivity index (χ1) is 5.56. The van der Waals surface area contributed by atoms with Gasteiger partial charge < -0.3 is 5.11 Å². The Morgan fingerprint density at radius 1 is 1.33 bits per heavy atom. The Balaban J connectivity index is 3.88. The molecule has 1 atom stereocenters. The van der Waals surface area contributed by atoms with Crippen LogP contribution < -0.4 is 0 Å². The van der Waals surface area contributed by atoms with E-state index in [1.807, 2.05) is 13.8 Å². The second-order valence-corrected chi connectivity index (χ2v) is 3.68. The maximum absolute atomic E-state index is 10.8. The lowest BCUT2D eigenvalue weighted by Gasteiger charge is -2.22. The summed E-state index contributed by atoms with van der Waals surface area (Å²) in [7, 11) is 0. The third kappa shape index (κ3) is 3.24. The van der Waals surface area contributed by atoms with Crippen LogP contribution in [-0.4, -0.2) is 11.1 Å². The first-order valence-corrected chi connectivity index (χ1v) is 4.80. The van der Waals surface area contributed by atoms with Gasteiger partial charge in [-0.2, -0.15) is 0 Å². The van der Waals surface area contributed by atoms with Crippen LogP contribution in [-0.2, 0) is 4.79 Å². The summed E-state index contributed by atoms with van der Waals surface area (Å²) in [6.45, 7) is 5.91. The number of hydrogen-bond acceptors (Lipinski definition) is 1. The highest BCUT2D eigenvalue weighted by Crippen LogP contribution is 2.28. The van der Waals surface area contributed by atoms with Gasteiger partial charge >= 0.3 is 5.97 Å². The predicted octanol–water partition coefficient (Wildman–Crippen LogP) is 3.07. The van der Waals surface area contributed by atoms with Crippen LogP contribution in [0.2, 0.25) is 0 Å². The smallest absolute Gasteiger partial charge is 0.309 e. The van der Waals surface area contributed by atoms with E-state index in [1.54, 1.807) is 0 Å². The highest BCUT2D eigenvalue weighted by atomic mass is 16.4. The molecule has 0 bridgehead atoms. The molecule has 2 heteroatoms. The molecule has 0 aliphatic heterocycles. The van der Waals surface area contributed by atoms with Gasteiger partial charge in [0.1, 0.15) is 0 Å². The largest absolute Gasteiger partial charge is 0.481 e. The van der Waals surface area contributed by atoms with Crippen LogP contribution in [0.3, 0.4) is 0 Å². The number of carbonyl (C=O) groups is 1. The quantitative estimate of drug-likeness (QED) is 0.625. The van der Waals surface area contributed by atoms with E-state index in [0.717, 1.165) is 32.1 Å². The van der Waals surface area contributed by atoms with Gasteiger partial charge in [0.15, 0.2) is 0 Å². The van der Waals surface area contributed by atoms with Crippen molar-refractivity contribution in [1.29, 1.82) is 0 Å². The Bertz CT molecular complexity index is 143. The Hall–Kier alpha value is -0.530. The van der Waals surface area contributed by atoms with Crippen LogP contribution in [0, 0.1) is 5.41 Å². The van der Waals surface area contributed by atoms with Crippen LogP contribution in [0.4, 0.5) is 0 Å². The van der Waals surface area contributed by atoms with E-state index in [9.17, 15) is 4.79 Å². The third-order valence-corrected chi connectivity index (χ3v) is 2.63. The molecule has 1 N–H and O–H groups in total. The molecule has 0 heterocycles. The Labute approximate surface area is 75.0 Å². The summed E-state index contributed by atoms with van der Waals surface area (Å²) >= 11 is 0. The molecule has 0 rings (SSSR count). The van der Waals surface area contributed by atoms with Crippen LogP contribution in [0.1, 0.15) is 52.9 Å². The lowest BCUT2D eigenvalue weighted by atomic mass is 9.82. The van der Waals surface area contributed by atoms with Gasteiger partial charge in [-0.3, -0.25) is 4.79 Å². The second kappa shape index (κ2) is 5.18. The summed E-state index contributed by atoms with van der Waals surface area (Å²) in [5, 5.41) is 8.93. The Morgan fingerprint density at radius 2 is 1.92 bits per heavy atom. The molecule has 2 nitrogen and oxygen atoms in total. The third-order valence-electron chi connectivity index (χ3n) is 2.63. The fraction of sp³-hybridized carbons (Fsp3) is 0.900. The lowest BCUT2D eigenvalue weighted by Crippen LogP contribution is -2.26. The van der Waals surface area contributed by atoms with E-state index >= 15 is 0 Å². The highest BCUT2D eigenvalue weighted by Gasteiger charge is 2.29. The fourth-order valence-electron chi connectivity index (χ4n) is 1.20. The maximum Gasteiger partial charge on any atom is 0.309 e. The van der Waals surface area contributed by atoms with Crippen molar-refractivity contribution in [3.8, 4) is 0 Å². The monoisotopic (exact) mass is 172 g/mol. The first kappa shape index (κ1) is 11.5. The zero-order valence-corrected chi connectivity index (χ0v) is 8.39. The zero-order valence-electron chi connectivity index (χ0n) is 8.39. The van der Waals surface area contributed by atoms with Gasteiger partial charge in [0.05, 0.1) is 5.41 Å². The van der Waals surface area contributed by atoms with Crippen molar-refractivity contribution in [1.82, 2.24) is 0 Å². The number of carboxylic acids is 1. The molecule has 0 aromatic heterocycles. The Kier molecular flexibility index (Phi) is 4.95. The van der Waals surface area contributed by atoms with Crippen molar-refractivity contribution in [2.75, 3.05) is 0 Å². The van der Waals surface area contributed by atoms with Crippen molar-refractivity contribution < 1.29 is 9.90 Å². The van der Waals surface area contributed by atoms with Crippen LogP contribution in [0.15, 0.2) is 0 Å². The highest BCUT2D eigenvalue weighted by molar-refractivity contribution is 5.73. The topological polar surface area (TPSA) is 37.3 Å². The summed E-state index contributed by atoms with van der Waals surface area (Å²) in [5.41, 5.74) is -0.491. The molecule has 0 amide bonds. The number of carboxylic acid groups (broad SMARTS) is 1. The van der Waals surface area contributed by atoms with Crippen LogP contribution in [0.5, 0.6) is 0 Å². The molecule has 0 aromatic rings.